The van der Waals surface area contributed by atoms with Gasteiger partial charge >= 0.3 is 0 Å². The van der Waals surface area contributed by atoms with Crippen LogP contribution >= 0.6 is 15.9 Å². The van der Waals surface area contributed by atoms with E-state index in [1.165, 1.54) is 4.68 Å². The molecule has 0 fully saturated rings. The molecule has 0 aliphatic rings. The van der Waals surface area contributed by atoms with Gasteiger partial charge in [0.05, 0.1) is 5.69 Å². The topological polar surface area (TPSA) is 90.0 Å². The second-order valence-electron chi connectivity index (χ2n) is 4.43. The van der Waals surface area contributed by atoms with Gasteiger partial charge in [0.15, 0.2) is 20.6 Å². The van der Waals surface area contributed by atoms with Crippen molar-refractivity contribution < 1.29 is 8.42 Å². The Hall–Kier alpha value is -1.54. The van der Waals surface area contributed by atoms with Gasteiger partial charge < -0.3 is 11.1 Å². The van der Waals surface area contributed by atoms with E-state index in [0.29, 0.717) is 0 Å². The first-order valence-electron chi connectivity index (χ1n) is 5.78. The first-order chi connectivity index (χ1) is 9.25. The van der Waals surface area contributed by atoms with Crippen molar-refractivity contribution in [3.8, 4) is 5.69 Å². The van der Waals surface area contributed by atoms with E-state index >= 15 is 0 Å². The molecule has 0 aliphatic heterocycles. The molecule has 0 unspecified atom stereocenters. The Morgan fingerprint density at radius 3 is 2.50 bits per heavy atom. The number of hydrogen-bond acceptors (Lipinski definition) is 5. The number of halogens is 1. The van der Waals surface area contributed by atoms with Crippen LogP contribution in [0.4, 0.5) is 11.6 Å². The van der Waals surface area contributed by atoms with Crippen LogP contribution in [0, 0.1) is 6.92 Å². The van der Waals surface area contributed by atoms with Crippen LogP contribution in [0.25, 0.3) is 5.69 Å². The van der Waals surface area contributed by atoms with Crippen molar-refractivity contribution in [3.05, 3.63) is 28.2 Å². The Morgan fingerprint density at radius 1 is 1.40 bits per heavy atom. The Balaban J connectivity index is 2.74. The molecule has 20 heavy (non-hydrogen) atoms. The van der Waals surface area contributed by atoms with Crippen LogP contribution in [0.15, 0.2) is 27.6 Å². The van der Waals surface area contributed by atoms with Gasteiger partial charge in [0.2, 0.25) is 0 Å². The first kappa shape index (κ1) is 14.9. The van der Waals surface area contributed by atoms with Crippen molar-refractivity contribution in [2.45, 2.75) is 11.8 Å². The second-order valence-corrected chi connectivity index (χ2v) is 7.30. The Kier molecular flexibility index (Phi) is 3.79. The molecule has 0 aliphatic carbocycles. The van der Waals surface area contributed by atoms with Gasteiger partial charge in [-0.25, -0.2) is 13.1 Å². The number of nitrogens with zero attached hydrogens (tertiary/aromatic N) is 2. The van der Waals surface area contributed by atoms with E-state index in [1.54, 1.807) is 7.05 Å². The van der Waals surface area contributed by atoms with E-state index in [2.05, 4.69) is 26.3 Å². The molecule has 2 aromatic rings. The monoisotopic (exact) mass is 358 g/mol. The van der Waals surface area contributed by atoms with Crippen molar-refractivity contribution >= 4 is 37.4 Å². The molecule has 8 heteroatoms. The maximum Gasteiger partial charge on any atom is 0.182 e. The summed E-state index contributed by atoms with van der Waals surface area (Å²) in [7, 11) is -1.86. The summed E-state index contributed by atoms with van der Waals surface area (Å²) in [6.07, 6.45) is 1.11. The number of hydrogen-bond donors (Lipinski definition) is 2. The van der Waals surface area contributed by atoms with Crippen LogP contribution < -0.4 is 11.1 Å². The largest absolute Gasteiger partial charge is 0.382 e. The van der Waals surface area contributed by atoms with Crippen molar-refractivity contribution in [3.63, 3.8) is 0 Å². The highest BCUT2D eigenvalue weighted by Gasteiger charge is 2.24. The van der Waals surface area contributed by atoms with Crippen LogP contribution in [0.2, 0.25) is 0 Å². The SMILES string of the molecule is CNc1nn(-c2ccc(Br)cc2C)c(N)c1S(C)(=O)=O. The number of anilines is 2. The fourth-order valence-electron chi connectivity index (χ4n) is 1.99. The summed E-state index contributed by atoms with van der Waals surface area (Å²) in [6.45, 7) is 1.90. The Bertz CT molecular complexity index is 768. The van der Waals surface area contributed by atoms with Gasteiger partial charge in [-0.05, 0) is 30.7 Å². The molecule has 0 saturated heterocycles. The lowest BCUT2D eigenvalue weighted by Crippen LogP contribution is -2.06. The predicted octanol–water partition coefficient (Wildman–Crippen LogP) is 1.97. The van der Waals surface area contributed by atoms with Gasteiger partial charge in [-0.1, -0.05) is 15.9 Å². The Labute approximate surface area is 126 Å². The number of rotatable bonds is 3. The molecule has 1 aromatic carbocycles. The summed E-state index contributed by atoms with van der Waals surface area (Å²) < 4.78 is 26.0. The smallest absolute Gasteiger partial charge is 0.182 e. The van der Waals surface area contributed by atoms with E-state index in [4.69, 9.17) is 5.73 Å². The number of benzene rings is 1. The minimum absolute atomic E-state index is 0.0160. The lowest BCUT2D eigenvalue weighted by Gasteiger charge is -2.08. The number of sulfone groups is 1. The third-order valence-corrected chi connectivity index (χ3v) is 4.51. The van der Waals surface area contributed by atoms with E-state index in [9.17, 15) is 8.42 Å². The minimum atomic E-state index is -3.46. The van der Waals surface area contributed by atoms with Gasteiger partial charge in [-0.15, -0.1) is 5.10 Å². The van der Waals surface area contributed by atoms with Crippen LogP contribution in [0.5, 0.6) is 0 Å². The molecule has 0 spiro atoms. The normalized spacial score (nSPS) is 11.6. The molecule has 6 nitrogen and oxygen atoms in total. The molecule has 2 rings (SSSR count). The molecule has 0 amide bonds. The summed E-state index contributed by atoms with van der Waals surface area (Å²) in [4.78, 5) is 0.0160. The van der Waals surface area contributed by atoms with E-state index in [-0.39, 0.29) is 16.5 Å². The van der Waals surface area contributed by atoms with Crippen molar-refractivity contribution in [1.29, 1.82) is 0 Å². The second kappa shape index (κ2) is 5.10. The van der Waals surface area contributed by atoms with Gasteiger partial charge in [0.25, 0.3) is 0 Å². The number of aryl methyl sites for hydroxylation is 1. The highest BCUT2D eigenvalue weighted by Crippen LogP contribution is 2.30. The average Bonchev–Trinajstić information content (AvgIpc) is 2.66. The molecule has 0 radical (unpaired) electrons. The van der Waals surface area contributed by atoms with Crippen molar-refractivity contribution in [1.82, 2.24) is 9.78 Å². The zero-order valence-electron chi connectivity index (χ0n) is 11.3. The van der Waals surface area contributed by atoms with Gasteiger partial charge in [-0.2, -0.15) is 0 Å². The molecule has 1 aromatic heterocycles. The van der Waals surface area contributed by atoms with E-state index in [1.807, 2.05) is 25.1 Å². The zero-order chi connectivity index (χ0) is 15.1. The summed E-state index contributed by atoms with van der Waals surface area (Å²) >= 11 is 3.38. The quantitative estimate of drug-likeness (QED) is 0.875. The highest BCUT2D eigenvalue weighted by molar-refractivity contribution is 9.10. The summed E-state index contributed by atoms with van der Waals surface area (Å²) in [5, 5.41) is 7.01. The number of nitrogens with two attached hydrogens (primary N) is 1. The van der Waals surface area contributed by atoms with E-state index in [0.717, 1.165) is 22.0 Å². The fraction of sp³-hybridized carbons (Fsp3) is 0.250. The minimum Gasteiger partial charge on any atom is -0.382 e. The van der Waals surface area contributed by atoms with Crippen LogP contribution in [-0.2, 0) is 9.84 Å². The van der Waals surface area contributed by atoms with E-state index < -0.39 is 9.84 Å². The lowest BCUT2D eigenvalue weighted by molar-refractivity contribution is 0.602. The van der Waals surface area contributed by atoms with Crippen LogP contribution in [0.1, 0.15) is 5.56 Å². The maximum absolute atomic E-state index is 11.8. The molecular formula is C12H15BrN4O2S. The molecule has 1 heterocycles. The Morgan fingerprint density at radius 2 is 2.05 bits per heavy atom. The van der Waals surface area contributed by atoms with Gasteiger partial charge in [0, 0.05) is 17.8 Å². The van der Waals surface area contributed by atoms with Crippen molar-refractivity contribution in [2.75, 3.05) is 24.4 Å². The molecule has 3 N–H and O–H groups in total. The predicted molar refractivity (Wildman–Crippen MR) is 83.1 cm³/mol. The number of aromatic nitrogens is 2. The average molecular weight is 359 g/mol. The summed E-state index contributed by atoms with van der Waals surface area (Å²) in [6, 6.07) is 5.59. The highest BCUT2D eigenvalue weighted by atomic mass is 79.9. The molecule has 0 atom stereocenters. The van der Waals surface area contributed by atoms with Crippen molar-refractivity contribution in [2.24, 2.45) is 0 Å². The zero-order valence-corrected chi connectivity index (χ0v) is 13.7. The molecular weight excluding hydrogens is 344 g/mol. The van der Waals surface area contributed by atoms with Crippen LogP contribution in [0.3, 0.4) is 0 Å². The maximum atomic E-state index is 11.8. The third-order valence-electron chi connectivity index (χ3n) is 2.87. The molecule has 108 valence electrons. The third kappa shape index (κ3) is 2.53. The fourth-order valence-corrected chi connectivity index (χ4v) is 3.42. The first-order valence-corrected chi connectivity index (χ1v) is 8.47. The van der Waals surface area contributed by atoms with Gasteiger partial charge in [0.1, 0.15) is 5.82 Å². The summed E-state index contributed by atoms with van der Waals surface area (Å²) in [5.41, 5.74) is 7.63. The van der Waals surface area contributed by atoms with Gasteiger partial charge in [-0.3, -0.25) is 0 Å². The summed E-state index contributed by atoms with van der Waals surface area (Å²) in [5.74, 6) is 0.342. The standard InChI is InChI=1S/C12H15BrN4O2S/c1-7-6-8(13)4-5-9(7)17-11(14)10(20(3,18)19)12(15-2)16-17/h4-6H,14H2,1-3H3,(H,15,16). The lowest BCUT2D eigenvalue weighted by atomic mass is 10.2. The van der Waals surface area contributed by atoms with Crippen LogP contribution in [-0.4, -0.2) is 31.5 Å². The molecule has 0 saturated carbocycles. The number of nitrogens with one attached hydrogen (secondary N) is 1. The molecule has 0 bridgehead atoms. The number of nitrogen functional groups attached to an aromatic ring is 1.